The van der Waals surface area contributed by atoms with Crippen LogP contribution in [0.15, 0.2) is 36.7 Å². The fourth-order valence-electron chi connectivity index (χ4n) is 1.37. The van der Waals surface area contributed by atoms with Crippen LogP contribution in [0.2, 0.25) is 10.0 Å². The normalized spacial score (nSPS) is 10.3. The molecule has 0 bridgehead atoms. The predicted molar refractivity (Wildman–Crippen MR) is 68.0 cm³/mol. The summed E-state index contributed by atoms with van der Waals surface area (Å²) < 4.78 is 13.0. The molecule has 0 aliphatic rings. The van der Waals surface area contributed by atoms with Gasteiger partial charge in [0.2, 0.25) is 0 Å². The van der Waals surface area contributed by atoms with Gasteiger partial charge in [-0.2, -0.15) is 0 Å². The monoisotopic (exact) mass is 270 g/mol. The van der Waals surface area contributed by atoms with Crippen molar-refractivity contribution in [3.05, 3.63) is 58.1 Å². The summed E-state index contributed by atoms with van der Waals surface area (Å²) in [6.07, 6.45) is 3.21. The number of halogens is 3. The molecule has 1 aromatic heterocycles. The highest BCUT2D eigenvalue weighted by atomic mass is 35.5. The van der Waals surface area contributed by atoms with Crippen molar-refractivity contribution in [3.8, 4) is 0 Å². The lowest BCUT2D eigenvalue weighted by atomic mass is 10.2. The van der Waals surface area contributed by atoms with Crippen molar-refractivity contribution >= 4 is 28.9 Å². The van der Waals surface area contributed by atoms with Crippen LogP contribution in [-0.2, 0) is 6.54 Å². The molecule has 1 aromatic carbocycles. The first kappa shape index (κ1) is 12.1. The number of benzene rings is 1. The van der Waals surface area contributed by atoms with E-state index in [1.54, 1.807) is 18.5 Å². The molecular formula is C12H9Cl2FN2. The predicted octanol–water partition coefficient (Wildman–Crippen LogP) is 4.14. The number of rotatable bonds is 3. The molecule has 0 radical (unpaired) electrons. The summed E-state index contributed by atoms with van der Waals surface area (Å²) >= 11 is 11.9. The Morgan fingerprint density at radius 1 is 1.18 bits per heavy atom. The van der Waals surface area contributed by atoms with Gasteiger partial charge in [0, 0.05) is 18.9 Å². The molecule has 2 nitrogen and oxygen atoms in total. The molecule has 0 aliphatic carbocycles. The van der Waals surface area contributed by atoms with E-state index in [4.69, 9.17) is 23.2 Å². The second kappa shape index (κ2) is 5.34. The van der Waals surface area contributed by atoms with Crippen LogP contribution in [0, 0.1) is 5.82 Å². The van der Waals surface area contributed by atoms with Gasteiger partial charge >= 0.3 is 0 Å². The summed E-state index contributed by atoms with van der Waals surface area (Å²) in [5.41, 5.74) is 1.42. The summed E-state index contributed by atoms with van der Waals surface area (Å²) in [4.78, 5) is 3.89. The summed E-state index contributed by atoms with van der Waals surface area (Å²) in [5.74, 6) is -0.335. The lowest BCUT2D eigenvalue weighted by Crippen LogP contribution is -2.01. The Hall–Kier alpha value is -1.32. The summed E-state index contributed by atoms with van der Waals surface area (Å²) in [6, 6.07) is 5.96. The molecule has 5 heteroatoms. The van der Waals surface area contributed by atoms with Crippen LogP contribution in [0.5, 0.6) is 0 Å². The number of pyridine rings is 1. The average Bonchev–Trinajstić information content (AvgIpc) is 2.32. The van der Waals surface area contributed by atoms with Crippen LogP contribution < -0.4 is 5.32 Å². The highest BCUT2D eigenvalue weighted by Crippen LogP contribution is 2.24. The van der Waals surface area contributed by atoms with Gasteiger partial charge in [-0.25, -0.2) is 4.39 Å². The molecule has 0 unspecified atom stereocenters. The smallest absolute Gasteiger partial charge is 0.125 e. The Kier molecular flexibility index (Phi) is 3.82. The number of nitrogens with one attached hydrogen (secondary N) is 1. The highest BCUT2D eigenvalue weighted by Gasteiger charge is 2.03. The minimum Gasteiger partial charge on any atom is -0.380 e. The maximum Gasteiger partial charge on any atom is 0.125 e. The molecule has 0 amide bonds. The summed E-state index contributed by atoms with van der Waals surface area (Å²) in [5, 5.41) is 4.06. The molecule has 2 rings (SSSR count). The molecular weight excluding hydrogens is 262 g/mol. The third kappa shape index (κ3) is 3.08. The first-order chi connectivity index (χ1) is 8.16. The molecule has 0 saturated carbocycles. The second-order valence-electron chi connectivity index (χ2n) is 3.44. The number of hydrogen-bond donors (Lipinski definition) is 1. The molecule has 0 aliphatic heterocycles. The third-order valence-corrected chi connectivity index (χ3v) is 2.92. The van der Waals surface area contributed by atoms with Gasteiger partial charge in [0.15, 0.2) is 0 Å². The second-order valence-corrected chi connectivity index (χ2v) is 4.26. The Labute approximate surface area is 108 Å². The Morgan fingerprint density at radius 3 is 2.76 bits per heavy atom. The Balaban J connectivity index is 2.12. The van der Waals surface area contributed by atoms with E-state index in [1.807, 2.05) is 0 Å². The lowest BCUT2D eigenvalue weighted by molar-refractivity contribution is 0.628. The van der Waals surface area contributed by atoms with Gasteiger partial charge in [0.1, 0.15) is 5.82 Å². The van der Waals surface area contributed by atoms with E-state index in [1.165, 1.54) is 18.2 Å². The van der Waals surface area contributed by atoms with E-state index < -0.39 is 0 Å². The standard InChI is InChI=1S/C12H9Cl2FN2/c13-10-2-1-9(15)5-12(10)17-6-8-3-4-16-7-11(8)14/h1-5,7,17H,6H2. The molecule has 17 heavy (non-hydrogen) atoms. The van der Waals surface area contributed by atoms with Crippen LogP contribution in [0.1, 0.15) is 5.56 Å². The van der Waals surface area contributed by atoms with E-state index in [-0.39, 0.29) is 5.82 Å². The van der Waals surface area contributed by atoms with Crippen LogP contribution >= 0.6 is 23.2 Å². The summed E-state index contributed by atoms with van der Waals surface area (Å²) in [7, 11) is 0. The van der Waals surface area contributed by atoms with Crippen molar-refractivity contribution in [1.82, 2.24) is 4.98 Å². The average molecular weight is 271 g/mol. The van der Waals surface area contributed by atoms with Crippen molar-refractivity contribution in [2.75, 3.05) is 5.32 Å². The zero-order chi connectivity index (χ0) is 12.3. The summed E-state index contributed by atoms with van der Waals surface area (Å²) in [6.45, 7) is 0.463. The van der Waals surface area contributed by atoms with Crippen molar-refractivity contribution in [1.29, 1.82) is 0 Å². The first-order valence-electron chi connectivity index (χ1n) is 4.94. The Bertz CT molecular complexity index is 532. The molecule has 1 heterocycles. The van der Waals surface area contributed by atoms with Crippen molar-refractivity contribution in [3.63, 3.8) is 0 Å². The van der Waals surface area contributed by atoms with Crippen LogP contribution in [0.4, 0.5) is 10.1 Å². The Morgan fingerprint density at radius 2 is 2.00 bits per heavy atom. The van der Waals surface area contributed by atoms with E-state index in [2.05, 4.69) is 10.3 Å². The van der Waals surface area contributed by atoms with Crippen molar-refractivity contribution in [2.24, 2.45) is 0 Å². The fraction of sp³-hybridized carbons (Fsp3) is 0.0833. The van der Waals surface area contributed by atoms with Gasteiger partial charge in [0.05, 0.1) is 15.7 Å². The van der Waals surface area contributed by atoms with Gasteiger partial charge in [-0.1, -0.05) is 23.2 Å². The number of aromatic nitrogens is 1. The minimum absolute atomic E-state index is 0.335. The van der Waals surface area contributed by atoms with Gasteiger partial charge < -0.3 is 5.32 Å². The first-order valence-corrected chi connectivity index (χ1v) is 5.70. The minimum atomic E-state index is -0.335. The zero-order valence-corrected chi connectivity index (χ0v) is 10.3. The topological polar surface area (TPSA) is 24.9 Å². The van der Waals surface area contributed by atoms with Crippen molar-refractivity contribution < 1.29 is 4.39 Å². The van der Waals surface area contributed by atoms with E-state index in [0.717, 1.165) is 5.56 Å². The molecule has 1 N–H and O–H groups in total. The van der Waals surface area contributed by atoms with Gasteiger partial charge in [0.25, 0.3) is 0 Å². The van der Waals surface area contributed by atoms with E-state index in [0.29, 0.717) is 22.3 Å². The van der Waals surface area contributed by atoms with E-state index in [9.17, 15) is 4.39 Å². The number of anilines is 1. The van der Waals surface area contributed by atoms with Crippen LogP contribution in [-0.4, -0.2) is 4.98 Å². The zero-order valence-electron chi connectivity index (χ0n) is 8.75. The van der Waals surface area contributed by atoms with E-state index >= 15 is 0 Å². The molecule has 0 spiro atoms. The highest BCUT2D eigenvalue weighted by molar-refractivity contribution is 6.33. The third-order valence-electron chi connectivity index (χ3n) is 2.25. The van der Waals surface area contributed by atoms with Crippen LogP contribution in [0.3, 0.4) is 0 Å². The lowest BCUT2D eigenvalue weighted by Gasteiger charge is -2.09. The molecule has 0 atom stereocenters. The number of hydrogen-bond acceptors (Lipinski definition) is 2. The SMILES string of the molecule is Fc1ccc(Cl)c(NCc2ccncc2Cl)c1. The largest absolute Gasteiger partial charge is 0.380 e. The molecule has 2 aromatic rings. The number of nitrogens with zero attached hydrogens (tertiary/aromatic N) is 1. The van der Waals surface area contributed by atoms with Crippen LogP contribution in [0.25, 0.3) is 0 Å². The quantitative estimate of drug-likeness (QED) is 0.907. The fourth-order valence-corrected chi connectivity index (χ4v) is 1.74. The maximum absolute atomic E-state index is 13.0. The van der Waals surface area contributed by atoms with Gasteiger partial charge in [-0.3, -0.25) is 4.98 Å². The maximum atomic E-state index is 13.0. The van der Waals surface area contributed by atoms with Crippen molar-refractivity contribution in [2.45, 2.75) is 6.54 Å². The molecule has 88 valence electrons. The van der Waals surface area contributed by atoms with Gasteiger partial charge in [-0.15, -0.1) is 0 Å². The van der Waals surface area contributed by atoms with Gasteiger partial charge in [-0.05, 0) is 29.8 Å². The molecule has 0 saturated heterocycles. The molecule has 0 fully saturated rings.